The van der Waals surface area contributed by atoms with Crippen LogP contribution in [0.1, 0.15) is 43.9 Å². The third-order valence-electron chi connectivity index (χ3n) is 6.78. The number of likely N-dealkylation sites (tertiary alicyclic amines) is 1. The lowest BCUT2D eigenvalue weighted by Crippen LogP contribution is -2.53. The quantitative estimate of drug-likeness (QED) is 0.725. The predicted molar refractivity (Wildman–Crippen MR) is 131 cm³/mol. The van der Waals surface area contributed by atoms with Crippen molar-refractivity contribution in [2.24, 2.45) is 0 Å². The van der Waals surface area contributed by atoms with Crippen LogP contribution in [-0.2, 0) is 4.79 Å². The van der Waals surface area contributed by atoms with E-state index in [4.69, 9.17) is 0 Å². The van der Waals surface area contributed by atoms with Crippen LogP contribution in [0.15, 0.2) is 60.7 Å². The largest absolute Gasteiger partial charge is 0.339 e. The van der Waals surface area contributed by atoms with E-state index in [1.54, 1.807) is 0 Å². The van der Waals surface area contributed by atoms with Gasteiger partial charge in [-0.15, -0.1) is 0 Å². The Morgan fingerprint density at radius 3 is 1.88 bits per heavy atom. The number of benzene rings is 2. The molecule has 0 atom stereocenters. The minimum absolute atomic E-state index is 0.238. The van der Waals surface area contributed by atoms with Crippen molar-refractivity contribution in [3.63, 3.8) is 0 Å². The van der Waals surface area contributed by atoms with Crippen molar-refractivity contribution >= 4 is 5.91 Å². The standard InChI is InChI=1S/C27H38N4O/c1-22(2)28-25-13-15-29(16-14-25)21-26(32)30-17-19-31(20-18-30)27(23-9-5-3-6-10-23)24-11-7-4-8-12-24/h3-12,22,25,27-28H,13-21H2,1-2H3. The maximum absolute atomic E-state index is 13.0. The van der Waals surface area contributed by atoms with E-state index < -0.39 is 0 Å². The van der Waals surface area contributed by atoms with Gasteiger partial charge in [0.2, 0.25) is 5.91 Å². The molecule has 172 valence electrons. The number of amides is 1. The zero-order chi connectivity index (χ0) is 22.3. The zero-order valence-electron chi connectivity index (χ0n) is 19.6. The van der Waals surface area contributed by atoms with Crippen molar-refractivity contribution < 1.29 is 4.79 Å². The molecule has 32 heavy (non-hydrogen) atoms. The van der Waals surface area contributed by atoms with Crippen LogP contribution < -0.4 is 5.32 Å². The first-order valence-electron chi connectivity index (χ1n) is 12.2. The first-order chi connectivity index (χ1) is 15.6. The molecule has 2 saturated heterocycles. The van der Waals surface area contributed by atoms with Crippen molar-refractivity contribution in [2.75, 3.05) is 45.8 Å². The van der Waals surface area contributed by atoms with Crippen LogP contribution in [0, 0.1) is 0 Å². The minimum Gasteiger partial charge on any atom is -0.339 e. The fourth-order valence-corrected chi connectivity index (χ4v) is 5.13. The lowest BCUT2D eigenvalue weighted by atomic mass is 9.96. The number of carbonyl (C=O) groups is 1. The van der Waals surface area contributed by atoms with Gasteiger partial charge in [0.25, 0.3) is 0 Å². The summed E-state index contributed by atoms with van der Waals surface area (Å²) in [4.78, 5) is 19.9. The Labute approximate surface area is 193 Å². The Morgan fingerprint density at radius 2 is 1.38 bits per heavy atom. The van der Waals surface area contributed by atoms with Gasteiger partial charge < -0.3 is 10.2 Å². The van der Waals surface area contributed by atoms with Gasteiger partial charge in [-0.2, -0.15) is 0 Å². The molecule has 0 spiro atoms. The second-order valence-corrected chi connectivity index (χ2v) is 9.51. The van der Waals surface area contributed by atoms with Crippen molar-refractivity contribution in [1.29, 1.82) is 0 Å². The molecule has 0 saturated carbocycles. The number of carbonyl (C=O) groups excluding carboxylic acids is 1. The summed E-state index contributed by atoms with van der Waals surface area (Å²) in [5.41, 5.74) is 2.63. The normalized spacial score (nSPS) is 19.1. The van der Waals surface area contributed by atoms with Crippen molar-refractivity contribution in [3.05, 3.63) is 71.8 Å². The number of hydrogen-bond acceptors (Lipinski definition) is 4. The van der Waals surface area contributed by atoms with Crippen LogP contribution in [0.3, 0.4) is 0 Å². The highest BCUT2D eigenvalue weighted by molar-refractivity contribution is 5.78. The Hall–Kier alpha value is -2.21. The van der Waals surface area contributed by atoms with E-state index in [2.05, 4.69) is 94.5 Å². The molecule has 4 rings (SSSR count). The summed E-state index contributed by atoms with van der Waals surface area (Å²) in [7, 11) is 0. The average molecular weight is 435 g/mol. The van der Waals surface area contributed by atoms with Crippen LogP contribution in [0.2, 0.25) is 0 Å². The van der Waals surface area contributed by atoms with Gasteiger partial charge in [-0.1, -0.05) is 74.5 Å². The maximum Gasteiger partial charge on any atom is 0.236 e. The Balaban J connectivity index is 1.31. The molecule has 5 heteroatoms. The average Bonchev–Trinajstić information content (AvgIpc) is 2.82. The smallest absolute Gasteiger partial charge is 0.236 e. The highest BCUT2D eigenvalue weighted by Crippen LogP contribution is 2.29. The molecule has 1 amide bonds. The molecule has 1 N–H and O–H groups in total. The number of nitrogens with one attached hydrogen (secondary N) is 1. The molecule has 2 fully saturated rings. The highest BCUT2D eigenvalue weighted by atomic mass is 16.2. The van der Waals surface area contributed by atoms with E-state index in [0.29, 0.717) is 18.6 Å². The van der Waals surface area contributed by atoms with Gasteiger partial charge in [0, 0.05) is 51.4 Å². The summed E-state index contributed by atoms with van der Waals surface area (Å²) in [6, 6.07) is 22.8. The molecule has 2 aliphatic heterocycles. The van der Waals surface area contributed by atoms with Crippen molar-refractivity contribution in [2.45, 2.75) is 44.8 Å². The van der Waals surface area contributed by atoms with E-state index >= 15 is 0 Å². The molecule has 0 radical (unpaired) electrons. The second kappa shape index (κ2) is 11.1. The fourth-order valence-electron chi connectivity index (χ4n) is 5.13. The lowest BCUT2D eigenvalue weighted by Gasteiger charge is -2.40. The van der Waals surface area contributed by atoms with E-state index in [1.807, 2.05) is 0 Å². The molecule has 5 nitrogen and oxygen atoms in total. The molecule has 0 aromatic heterocycles. The summed E-state index contributed by atoms with van der Waals surface area (Å²) in [6.07, 6.45) is 2.27. The maximum atomic E-state index is 13.0. The third kappa shape index (κ3) is 5.97. The minimum atomic E-state index is 0.238. The SMILES string of the molecule is CC(C)NC1CCN(CC(=O)N2CCN(C(c3ccccc3)c3ccccc3)CC2)CC1. The van der Waals surface area contributed by atoms with Gasteiger partial charge >= 0.3 is 0 Å². The molecule has 0 unspecified atom stereocenters. The second-order valence-electron chi connectivity index (χ2n) is 9.51. The number of rotatable bonds is 7. The summed E-state index contributed by atoms with van der Waals surface area (Å²) < 4.78 is 0. The van der Waals surface area contributed by atoms with Crippen LogP contribution in [-0.4, -0.2) is 78.5 Å². The van der Waals surface area contributed by atoms with Gasteiger partial charge in [0.1, 0.15) is 0 Å². The topological polar surface area (TPSA) is 38.8 Å². The molecular weight excluding hydrogens is 396 g/mol. The van der Waals surface area contributed by atoms with Gasteiger partial charge in [-0.3, -0.25) is 14.6 Å². The third-order valence-corrected chi connectivity index (χ3v) is 6.78. The van der Waals surface area contributed by atoms with Crippen molar-refractivity contribution in [1.82, 2.24) is 20.0 Å². The van der Waals surface area contributed by atoms with Gasteiger partial charge in [0.15, 0.2) is 0 Å². The molecule has 2 aromatic carbocycles. The van der Waals surface area contributed by atoms with Crippen LogP contribution >= 0.6 is 0 Å². The zero-order valence-corrected chi connectivity index (χ0v) is 19.6. The van der Waals surface area contributed by atoms with Gasteiger partial charge in [-0.05, 0) is 24.0 Å². The van der Waals surface area contributed by atoms with E-state index in [9.17, 15) is 4.79 Å². The van der Waals surface area contributed by atoms with E-state index in [1.165, 1.54) is 11.1 Å². The van der Waals surface area contributed by atoms with E-state index in [0.717, 1.165) is 52.1 Å². The number of piperazine rings is 1. The fraction of sp³-hybridized carbons (Fsp3) is 0.519. The number of piperidine rings is 1. The predicted octanol–water partition coefficient (Wildman–Crippen LogP) is 3.38. The summed E-state index contributed by atoms with van der Waals surface area (Å²) in [5.74, 6) is 0.288. The van der Waals surface area contributed by atoms with Gasteiger partial charge in [-0.25, -0.2) is 0 Å². The van der Waals surface area contributed by atoms with E-state index in [-0.39, 0.29) is 11.9 Å². The molecule has 0 aliphatic carbocycles. The highest BCUT2D eigenvalue weighted by Gasteiger charge is 2.29. The van der Waals surface area contributed by atoms with Crippen LogP contribution in [0.4, 0.5) is 0 Å². The molecule has 2 heterocycles. The first kappa shape index (κ1) is 23.0. The molecule has 2 aliphatic rings. The first-order valence-corrected chi connectivity index (χ1v) is 12.2. The van der Waals surface area contributed by atoms with Crippen LogP contribution in [0.5, 0.6) is 0 Å². The molecular formula is C27H38N4O. The molecule has 0 bridgehead atoms. The molecule has 2 aromatic rings. The van der Waals surface area contributed by atoms with Crippen LogP contribution in [0.25, 0.3) is 0 Å². The monoisotopic (exact) mass is 434 g/mol. The summed E-state index contributed by atoms with van der Waals surface area (Å²) in [5, 5.41) is 3.63. The van der Waals surface area contributed by atoms with Crippen molar-refractivity contribution in [3.8, 4) is 0 Å². The van der Waals surface area contributed by atoms with Gasteiger partial charge in [0.05, 0.1) is 12.6 Å². The summed E-state index contributed by atoms with van der Waals surface area (Å²) in [6.45, 7) is 10.4. The lowest BCUT2D eigenvalue weighted by molar-refractivity contribution is -0.134. The Morgan fingerprint density at radius 1 is 0.844 bits per heavy atom. The Bertz CT molecular complexity index is 786. The number of hydrogen-bond donors (Lipinski definition) is 1. The summed E-state index contributed by atoms with van der Waals surface area (Å²) >= 11 is 0. The Kier molecular flexibility index (Phi) is 7.95. The number of nitrogens with zero attached hydrogens (tertiary/aromatic N) is 3.